The number of nitrogens with two attached hydrogens (primary N) is 1. The highest BCUT2D eigenvalue weighted by molar-refractivity contribution is 6.07. The molecule has 0 radical (unpaired) electrons. The van der Waals surface area contributed by atoms with Crippen molar-refractivity contribution in [2.24, 2.45) is 0 Å². The Morgan fingerprint density at radius 1 is 1.19 bits per heavy atom. The molecular weight excluding hydrogens is 202 g/mol. The SMILES string of the molecule is Nc1ccncc1C(=O)Nc1ccccc1. The lowest BCUT2D eigenvalue weighted by molar-refractivity contribution is 0.102. The largest absolute Gasteiger partial charge is 0.398 e. The fraction of sp³-hybridized carbons (Fsp3) is 0. The molecule has 2 aromatic rings. The van der Waals surface area contributed by atoms with Crippen molar-refractivity contribution in [1.82, 2.24) is 4.98 Å². The number of benzene rings is 1. The molecule has 0 aliphatic rings. The van der Waals surface area contributed by atoms with Crippen molar-refractivity contribution < 1.29 is 4.79 Å². The molecule has 16 heavy (non-hydrogen) atoms. The van der Waals surface area contributed by atoms with Crippen LogP contribution in [0.5, 0.6) is 0 Å². The van der Waals surface area contributed by atoms with Crippen molar-refractivity contribution >= 4 is 17.3 Å². The van der Waals surface area contributed by atoms with Gasteiger partial charge in [-0.25, -0.2) is 0 Å². The summed E-state index contributed by atoms with van der Waals surface area (Å²) >= 11 is 0. The molecule has 0 atom stereocenters. The molecule has 1 amide bonds. The summed E-state index contributed by atoms with van der Waals surface area (Å²) < 4.78 is 0. The van der Waals surface area contributed by atoms with Crippen LogP contribution in [-0.4, -0.2) is 10.9 Å². The number of amides is 1. The first-order chi connectivity index (χ1) is 7.77. The number of hydrogen-bond acceptors (Lipinski definition) is 3. The van der Waals surface area contributed by atoms with E-state index in [1.54, 1.807) is 12.3 Å². The van der Waals surface area contributed by atoms with Gasteiger partial charge in [0, 0.05) is 23.8 Å². The van der Waals surface area contributed by atoms with Crippen LogP contribution in [0, 0.1) is 0 Å². The predicted molar refractivity (Wildman–Crippen MR) is 63.0 cm³/mol. The Balaban J connectivity index is 2.19. The Labute approximate surface area is 93.1 Å². The quantitative estimate of drug-likeness (QED) is 0.800. The van der Waals surface area contributed by atoms with Crippen LogP contribution >= 0.6 is 0 Å². The van der Waals surface area contributed by atoms with Crippen LogP contribution in [0.25, 0.3) is 0 Å². The lowest BCUT2D eigenvalue weighted by Gasteiger charge is -2.06. The van der Waals surface area contributed by atoms with Gasteiger partial charge in [0.05, 0.1) is 5.56 Å². The number of nitrogen functional groups attached to an aromatic ring is 1. The third-order valence-corrected chi connectivity index (χ3v) is 2.13. The van der Waals surface area contributed by atoms with E-state index in [1.807, 2.05) is 30.3 Å². The van der Waals surface area contributed by atoms with Crippen LogP contribution in [0.3, 0.4) is 0 Å². The van der Waals surface area contributed by atoms with E-state index in [1.165, 1.54) is 6.20 Å². The van der Waals surface area contributed by atoms with Crippen molar-refractivity contribution in [2.75, 3.05) is 11.1 Å². The third kappa shape index (κ3) is 2.17. The van der Waals surface area contributed by atoms with Gasteiger partial charge in [0.1, 0.15) is 0 Å². The Morgan fingerprint density at radius 3 is 2.62 bits per heavy atom. The smallest absolute Gasteiger partial charge is 0.259 e. The maximum Gasteiger partial charge on any atom is 0.259 e. The molecule has 0 saturated carbocycles. The van der Waals surface area contributed by atoms with E-state index in [9.17, 15) is 4.79 Å². The zero-order valence-electron chi connectivity index (χ0n) is 8.55. The standard InChI is InChI=1S/C12H11N3O/c13-11-6-7-14-8-10(11)12(16)15-9-4-2-1-3-5-9/h1-8H,(H2,13,14)(H,15,16). The Hall–Kier alpha value is -2.36. The van der Waals surface area contributed by atoms with Gasteiger partial charge in [-0.1, -0.05) is 18.2 Å². The third-order valence-electron chi connectivity index (χ3n) is 2.13. The van der Waals surface area contributed by atoms with Gasteiger partial charge in [-0.2, -0.15) is 0 Å². The summed E-state index contributed by atoms with van der Waals surface area (Å²) in [4.78, 5) is 15.7. The first-order valence-electron chi connectivity index (χ1n) is 4.83. The van der Waals surface area contributed by atoms with Crippen LogP contribution in [0.4, 0.5) is 11.4 Å². The highest BCUT2D eigenvalue weighted by Gasteiger charge is 2.09. The van der Waals surface area contributed by atoms with E-state index in [0.717, 1.165) is 5.69 Å². The summed E-state index contributed by atoms with van der Waals surface area (Å²) in [5, 5.41) is 2.74. The highest BCUT2D eigenvalue weighted by atomic mass is 16.1. The molecule has 1 heterocycles. The van der Waals surface area contributed by atoms with Gasteiger partial charge in [0.2, 0.25) is 0 Å². The van der Waals surface area contributed by atoms with Gasteiger partial charge in [-0.15, -0.1) is 0 Å². The first kappa shape index (κ1) is 10.2. The molecule has 0 aliphatic carbocycles. The molecule has 1 aromatic heterocycles. The highest BCUT2D eigenvalue weighted by Crippen LogP contribution is 2.12. The molecule has 0 unspecified atom stereocenters. The Morgan fingerprint density at radius 2 is 1.94 bits per heavy atom. The van der Waals surface area contributed by atoms with Gasteiger partial charge < -0.3 is 11.1 Å². The minimum atomic E-state index is -0.253. The molecule has 0 aliphatic heterocycles. The zero-order valence-corrected chi connectivity index (χ0v) is 8.55. The van der Waals surface area contributed by atoms with Crippen LogP contribution in [-0.2, 0) is 0 Å². The maximum absolute atomic E-state index is 11.8. The van der Waals surface area contributed by atoms with E-state index in [0.29, 0.717) is 11.3 Å². The van der Waals surface area contributed by atoms with Crippen LogP contribution < -0.4 is 11.1 Å². The molecule has 3 N–H and O–H groups in total. The molecule has 80 valence electrons. The van der Waals surface area contributed by atoms with Crippen molar-refractivity contribution in [2.45, 2.75) is 0 Å². The second kappa shape index (κ2) is 4.44. The number of carbonyl (C=O) groups is 1. The average Bonchev–Trinajstić information content (AvgIpc) is 2.31. The summed E-state index contributed by atoms with van der Waals surface area (Å²) in [6.07, 6.45) is 3.00. The van der Waals surface area contributed by atoms with Crippen LogP contribution in [0.1, 0.15) is 10.4 Å². The van der Waals surface area contributed by atoms with Crippen molar-refractivity contribution in [3.05, 3.63) is 54.4 Å². The number of anilines is 2. The summed E-state index contributed by atoms with van der Waals surface area (Å²) in [7, 11) is 0. The number of para-hydroxylation sites is 1. The number of nitrogens with zero attached hydrogens (tertiary/aromatic N) is 1. The molecule has 0 bridgehead atoms. The number of hydrogen-bond donors (Lipinski definition) is 2. The van der Waals surface area contributed by atoms with E-state index in [4.69, 9.17) is 5.73 Å². The van der Waals surface area contributed by atoms with Crippen LogP contribution in [0.15, 0.2) is 48.8 Å². The minimum Gasteiger partial charge on any atom is -0.398 e. The molecular formula is C12H11N3O. The Bertz CT molecular complexity index is 497. The zero-order chi connectivity index (χ0) is 11.4. The van der Waals surface area contributed by atoms with Gasteiger partial charge >= 0.3 is 0 Å². The average molecular weight is 213 g/mol. The monoisotopic (exact) mass is 213 g/mol. The summed E-state index contributed by atoms with van der Waals surface area (Å²) in [6, 6.07) is 10.8. The molecule has 2 rings (SSSR count). The minimum absolute atomic E-state index is 0.253. The van der Waals surface area contributed by atoms with Crippen LogP contribution in [0.2, 0.25) is 0 Å². The Kier molecular flexibility index (Phi) is 2.82. The van der Waals surface area contributed by atoms with Crippen molar-refractivity contribution in [1.29, 1.82) is 0 Å². The maximum atomic E-state index is 11.8. The molecule has 4 heteroatoms. The first-order valence-corrected chi connectivity index (χ1v) is 4.83. The number of nitrogens with one attached hydrogen (secondary N) is 1. The van der Waals surface area contributed by atoms with E-state index in [-0.39, 0.29) is 5.91 Å². The second-order valence-corrected chi connectivity index (χ2v) is 3.28. The predicted octanol–water partition coefficient (Wildman–Crippen LogP) is 1.92. The number of rotatable bonds is 2. The fourth-order valence-electron chi connectivity index (χ4n) is 1.31. The van der Waals surface area contributed by atoms with E-state index >= 15 is 0 Å². The van der Waals surface area contributed by atoms with Gasteiger partial charge in [-0.3, -0.25) is 9.78 Å². The van der Waals surface area contributed by atoms with Gasteiger partial charge in [0.25, 0.3) is 5.91 Å². The molecule has 0 spiro atoms. The molecule has 0 fully saturated rings. The van der Waals surface area contributed by atoms with E-state index in [2.05, 4.69) is 10.3 Å². The normalized spacial score (nSPS) is 9.75. The lowest BCUT2D eigenvalue weighted by Crippen LogP contribution is -2.14. The summed E-state index contributed by atoms with van der Waals surface area (Å²) in [6.45, 7) is 0. The summed E-state index contributed by atoms with van der Waals surface area (Å²) in [5.41, 5.74) is 7.21. The second-order valence-electron chi connectivity index (χ2n) is 3.28. The van der Waals surface area contributed by atoms with Crippen molar-refractivity contribution in [3.8, 4) is 0 Å². The van der Waals surface area contributed by atoms with E-state index < -0.39 is 0 Å². The number of pyridine rings is 1. The number of aromatic nitrogens is 1. The number of carbonyl (C=O) groups excluding carboxylic acids is 1. The molecule has 1 aromatic carbocycles. The van der Waals surface area contributed by atoms with Crippen molar-refractivity contribution in [3.63, 3.8) is 0 Å². The topological polar surface area (TPSA) is 68.0 Å². The molecule has 0 saturated heterocycles. The van der Waals surface area contributed by atoms with Gasteiger partial charge in [0.15, 0.2) is 0 Å². The van der Waals surface area contributed by atoms with Gasteiger partial charge in [-0.05, 0) is 18.2 Å². The lowest BCUT2D eigenvalue weighted by atomic mass is 10.2. The fourth-order valence-corrected chi connectivity index (χ4v) is 1.31. The molecule has 4 nitrogen and oxygen atoms in total. The summed E-state index contributed by atoms with van der Waals surface area (Å²) in [5.74, 6) is -0.253.